The Kier molecular flexibility index (Phi) is 6.73. The fourth-order valence-corrected chi connectivity index (χ4v) is 3.74. The fourth-order valence-electron chi connectivity index (χ4n) is 2.63. The molecule has 0 amide bonds. The van der Waals surface area contributed by atoms with Gasteiger partial charge in [0, 0.05) is 14.1 Å². The number of nitrogens with one attached hydrogen (secondary N) is 1. The number of ether oxygens (including phenoxy) is 2. The van der Waals surface area contributed by atoms with Crippen LogP contribution in [0, 0.1) is 0 Å². The number of hydrogen-bond donors (Lipinski definition) is 2. The maximum absolute atomic E-state index is 12.8. The van der Waals surface area contributed by atoms with E-state index in [-0.39, 0.29) is 34.5 Å². The molecule has 3 rings (SSSR count). The molecule has 0 saturated heterocycles. The minimum atomic E-state index is -3.98. The van der Waals surface area contributed by atoms with Crippen molar-refractivity contribution >= 4 is 33.6 Å². The van der Waals surface area contributed by atoms with E-state index in [1.54, 1.807) is 43.3 Å². The average molecular weight is 459 g/mol. The third-order valence-corrected chi connectivity index (χ3v) is 5.51. The number of nitrogens with zero attached hydrogens (tertiary/aromatic N) is 4. The van der Waals surface area contributed by atoms with E-state index in [1.165, 1.54) is 31.4 Å². The van der Waals surface area contributed by atoms with Crippen LogP contribution >= 0.6 is 0 Å². The first-order chi connectivity index (χ1) is 15.2. The Bertz CT molecular complexity index is 1230. The monoisotopic (exact) mass is 458 g/mol. The highest BCUT2D eigenvalue weighted by Crippen LogP contribution is 2.26. The van der Waals surface area contributed by atoms with Gasteiger partial charge in [-0.1, -0.05) is 18.2 Å². The average Bonchev–Trinajstić information content (AvgIpc) is 2.77. The Labute approximate surface area is 185 Å². The van der Waals surface area contributed by atoms with Gasteiger partial charge in [-0.2, -0.15) is 15.0 Å². The molecule has 0 unspecified atom stereocenters. The molecular weight excluding hydrogens is 436 g/mol. The summed E-state index contributed by atoms with van der Waals surface area (Å²) in [4.78, 5) is 26.1. The molecule has 0 spiro atoms. The molecular formula is C20H22N6O5S. The van der Waals surface area contributed by atoms with Crippen LogP contribution < -0.4 is 20.1 Å². The molecule has 0 saturated carbocycles. The topological polar surface area (TPSA) is 150 Å². The van der Waals surface area contributed by atoms with Crippen molar-refractivity contribution in [1.29, 1.82) is 0 Å². The standard InChI is InChI=1S/C20H22N6O5S/c1-26(2)20-23-17(22-19(21)24-20)12-31-18(27)13-7-6-8-14(11-13)32(28,29)25-15-9-4-5-10-16(15)30-3/h4-11,25H,12H2,1-3H3,(H2,21,22,23,24). The van der Waals surface area contributed by atoms with E-state index < -0.39 is 16.0 Å². The predicted octanol–water partition coefficient (Wildman–Crippen LogP) is 1.69. The van der Waals surface area contributed by atoms with Gasteiger partial charge in [0.25, 0.3) is 10.0 Å². The zero-order valence-corrected chi connectivity index (χ0v) is 18.5. The molecule has 12 heteroatoms. The second kappa shape index (κ2) is 9.47. The lowest BCUT2D eigenvalue weighted by atomic mass is 10.2. The van der Waals surface area contributed by atoms with Gasteiger partial charge in [-0.3, -0.25) is 4.72 Å². The zero-order valence-electron chi connectivity index (χ0n) is 17.6. The van der Waals surface area contributed by atoms with Crippen LogP contribution in [0.1, 0.15) is 16.2 Å². The summed E-state index contributed by atoms with van der Waals surface area (Å²) >= 11 is 0. The highest BCUT2D eigenvalue weighted by molar-refractivity contribution is 7.92. The van der Waals surface area contributed by atoms with Crippen LogP contribution in [0.15, 0.2) is 53.4 Å². The number of hydrogen-bond acceptors (Lipinski definition) is 10. The fraction of sp³-hybridized carbons (Fsp3) is 0.200. The van der Waals surface area contributed by atoms with Crippen molar-refractivity contribution in [2.45, 2.75) is 11.5 Å². The second-order valence-corrected chi connectivity index (χ2v) is 8.40. The van der Waals surface area contributed by atoms with Gasteiger partial charge < -0.3 is 20.1 Å². The zero-order chi connectivity index (χ0) is 23.3. The lowest BCUT2D eigenvalue weighted by Gasteiger charge is -2.13. The summed E-state index contributed by atoms with van der Waals surface area (Å²) in [6, 6.07) is 12.0. The maximum Gasteiger partial charge on any atom is 0.338 e. The lowest BCUT2D eigenvalue weighted by molar-refractivity contribution is 0.0462. The van der Waals surface area contributed by atoms with Crippen LogP contribution in [0.5, 0.6) is 5.75 Å². The van der Waals surface area contributed by atoms with E-state index in [0.717, 1.165) is 0 Å². The number of carbonyl (C=O) groups excluding carboxylic acids is 1. The summed E-state index contributed by atoms with van der Waals surface area (Å²) in [7, 11) is 0.917. The molecule has 0 radical (unpaired) electrons. The minimum Gasteiger partial charge on any atom is -0.495 e. The molecule has 168 valence electrons. The number of nitrogens with two attached hydrogens (primary N) is 1. The summed E-state index contributed by atoms with van der Waals surface area (Å²) in [6.07, 6.45) is 0. The summed E-state index contributed by atoms with van der Waals surface area (Å²) in [5.41, 5.74) is 5.97. The van der Waals surface area contributed by atoms with Gasteiger partial charge in [-0.05, 0) is 30.3 Å². The number of methoxy groups -OCH3 is 1. The smallest absolute Gasteiger partial charge is 0.338 e. The first-order valence-corrected chi connectivity index (χ1v) is 10.8. The van der Waals surface area contributed by atoms with Crippen LogP contribution in [0.4, 0.5) is 17.6 Å². The van der Waals surface area contributed by atoms with Crippen LogP contribution in [-0.2, 0) is 21.4 Å². The number of para-hydroxylation sites is 2. The molecule has 0 bridgehead atoms. The minimum absolute atomic E-state index is 0.00902. The molecule has 11 nitrogen and oxygen atoms in total. The molecule has 3 aromatic rings. The molecule has 1 aromatic heterocycles. The van der Waals surface area contributed by atoms with Crippen molar-refractivity contribution in [1.82, 2.24) is 15.0 Å². The summed E-state index contributed by atoms with van der Waals surface area (Å²) in [5.74, 6) is 0.0885. The number of carbonyl (C=O) groups is 1. The normalized spacial score (nSPS) is 11.0. The van der Waals surface area contributed by atoms with Gasteiger partial charge in [-0.25, -0.2) is 13.2 Å². The molecule has 2 aromatic carbocycles. The Morgan fingerprint density at radius 2 is 1.84 bits per heavy atom. The predicted molar refractivity (Wildman–Crippen MR) is 118 cm³/mol. The number of aromatic nitrogens is 3. The van der Waals surface area contributed by atoms with E-state index in [1.807, 2.05) is 0 Å². The first-order valence-electron chi connectivity index (χ1n) is 9.30. The molecule has 1 heterocycles. The highest BCUT2D eigenvalue weighted by atomic mass is 32.2. The number of esters is 1. The molecule has 3 N–H and O–H groups in total. The molecule has 32 heavy (non-hydrogen) atoms. The molecule has 0 atom stereocenters. The highest BCUT2D eigenvalue weighted by Gasteiger charge is 2.19. The SMILES string of the molecule is COc1ccccc1NS(=O)(=O)c1cccc(C(=O)OCc2nc(N)nc(N(C)C)n2)c1. The van der Waals surface area contributed by atoms with Gasteiger partial charge in [0.1, 0.15) is 5.75 Å². The second-order valence-electron chi connectivity index (χ2n) is 6.71. The van der Waals surface area contributed by atoms with Crippen LogP contribution in [0.3, 0.4) is 0 Å². The summed E-state index contributed by atoms with van der Waals surface area (Å²) in [5, 5.41) is 0. The van der Waals surface area contributed by atoms with Crippen LogP contribution in [0.25, 0.3) is 0 Å². The number of nitrogen functional groups attached to an aromatic ring is 1. The van der Waals surface area contributed by atoms with Crippen LogP contribution in [0.2, 0.25) is 0 Å². The van der Waals surface area contributed by atoms with Crippen molar-refractivity contribution in [2.24, 2.45) is 0 Å². The molecule has 0 aliphatic rings. The van der Waals surface area contributed by atoms with Crippen LogP contribution in [-0.4, -0.2) is 50.5 Å². The van der Waals surface area contributed by atoms with Gasteiger partial charge in [0.2, 0.25) is 11.9 Å². The van der Waals surface area contributed by atoms with E-state index >= 15 is 0 Å². The number of anilines is 3. The van der Waals surface area contributed by atoms with Gasteiger partial charge in [-0.15, -0.1) is 0 Å². The largest absolute Gasteiger partial charge is 0.495 e. The van der Waals surface area contributed by atoms with E-state index in [9.17, 15) is 13.2 Å². The van der Waals surface area contributed by atoms with E-state index in [0.29, 0.717) is 11.7 Å². The van der Waals surface area contributed by atoms with Gasteiger partial charge in [0.15, 0.2) is 12.4 Å². The quantitative estimate of drug-likeness (QED) is 0.477. The number of rotatable bonds is 8. The third-order valence-electron chi connectivity index (χ3n) is 4.15. The Balaban J connectivity index is 1.76. The first kappa shape index (κ1) is 22.7. The van der Waals surface area contributed by atoms with Crippen molar-refractivity contribution < 1.29 is 22.7 Å². The molecule has 0 aliphatic heterocycles. The van der Waals surface area contributed by atoms with Gasteiger partial charge in [0.05, 0.1) is 23.3 Å². The maximum atomic E-state index is 12.8. The van der Waals surface area contributed by atoms with Gasteiger partial charge >= 0.3 is 5.97 Å². The van der Waals surface area contributed by atoms with Crippen molar-refractivity contribution in [2.75, 3.05) is 36.6 Å². The molecule has 0 aliphatic carbocycles. The Morgan fingerprint density at radius 1 is 1.09 bits per heavy atom. The lowest BCUT2D eigenvalue weighted by Crippen LogP contribution is -2.17. The van der Waals surface area contributed by atoms with E-state index in [4.69, 9.17) is 15.2 Å². The molecule has 0 fully saturated rings. The summed E-state index contributed by atoms with van der Waals surface area (Å²) in [6.45, 7) is -0.261. The Hall–Kier alpha value is -3.93. The Morgan fingerprint density at radius 3 is 2.56 bits per heavy atom. The van der Waals surface area contributed by atoms with Crippen molar-refractivity contribution in [3.63, 3.8) is 0 Å². The summed E-state index contributed by atoms with van der Waals surface area (Å²) < 4.78 is 38.4. The number of benzene rings is 2. The number of sulfonamides is 1. The van der Waals surface area contributed by atoms with Crippen molar-refractivity contribution in [3.8, 4) is 5.75 Å². The third kappa shape index (κ3) is 5.40. The van der Waals surface area contributed by atoms with Crippen molar-refractivity contribution in [3.05, 3.63) is 59.9 Å². The van der Waals surface area contributed by atoms with E-state index in [2.05, 4.69) is 19.7 Å².